The van der Waals surface area contributed by atoms with Gasteiger partial charge >= 0.3 is 0 Å². The van der Waals surface area contributed by atoms with E-state index in [-0.39, 0.29) is 10.8 Å². The normalized spacial score (nSPS) is 20.4. The number of carbonyl (C=O) groups is 1. The quantitative estimate of drug-likeness (QED) is 0.581. The largest absolute Gasteiger partial charge is 0.497 e. The second kappa shape index (κ2) is 7.61. The molecule has 1 aliphatic carbocycles. The van der Waals surface area contributed by atoms with Crippen molar-refractivity contribution in [2.45, 2.75) is 37.0 Å². The Kier molecular flexibility index (Phi) is 5.20. The zero-order valence-corrected chi connectivity index (χ0v) is 16.9. The monoisotopic (exact) mass is 399 g/mol. The molecule has 4 rings (SSSR count). The Balaban J connectivity index is 1.71. The van der Waals surface area contributed by atoms with Crippen molar-refractivity contribution in [3.63, 3.8) is 0 Å². The molecule has 1 aliphatic heterocycles. The van der Waals surface area contributed by atoms with E-state index >= 15 is 0 Å². The van der Waals surface area contributed by atoms with Crippen LogP contribution < -0.4 is 9.64 Å². The number of ether oxygens (including phenoxy) is 1. The lowest BCUT2D eigenvalue weighted by molar-refractivity contribution is -0.114. The van der Waals surface area contributed by atoms with E-state index in [1.807, 2.05) is 59.5 Å². The number of nitrogens with zero attached hydrogens (tertiary/aromatic N) is 1. The van der Waals surface area contributed by atoms with Crippen LogP contribution in [0, 0.1) is 0 Å². The molecule has 27 heavy (non-hydrogen) atoms. The number of amides is 1. The van der Waals surface area contributed by atoms with Gasteiger partial charge in [0.05, 0.1) is 16.9 Å². The minimum atomic E-state index is -0.179. The van der Waals surface area contributed by atoms with Crippen LogP contribution >= 0.6 is 23.4 Å². The van der Waals surface area contributed by atoms with Gasteiger partial charge in [-0.25, -0.2) is 0 Å². The Morgan fingerprint density at radius 1 is 1.04 bits per heavy atom. The minimum Gasteiger partial charge on any atom is -0.497 e. The van der Waals surface area contributed by atoms with Crippen LogP contribution in [0.15, 0.2) is 53.4 Å². The van der Waals surface area contributed by atoms with Crippen LogP contribution in [0.5, 0.6) is 5.75 Å². The standard InChI is InChI=1S/C22H22ClNO2S/c1-26-19-11-5-16(6-12-19)15-20-21(25)24(18-9-7-17(23)8-10-18)22(27-20)13-3-2-4-14-22/h5-12,15H,2-4,13-14H2,1H3/b20-15-. The lowest BCUT2D eigenvalue weighted by Crippen LogP contribution is -2.45. The van der Waals surface area contributed by atoms with Crippen molar-refractivity contribution in [1.29, 1.82) is 0 Å². The van der Waals surface area contributed by atoms with Crippen LogP contribution in [0.25, 0.3) is 6.08 Å². The van der Waals surface area contributed by atoms with Crippen LogP contribution in [-0.4, -0.2) is 17.9 Å². The number of methoxy groups -OCH3 is 1. The molecule has 2 aliphatic rings. The van der Waals surface area contributed by atoms with Crippen LogP contribution in [0.2, 0.25) is 5.02 Å². The molecule has 0 N–H and O–H groups in total. The van der Waals surface area contributed by atoms with Gasteiger partial charge in [0.25, 0.3) is 5.91 Å². The third-order valence-electron chi connectivity index (χ3n) is 5.25. The number of thioether (sulfide) groups is 1. The summed E-state index contributed by atoms with van der Waals surface area (Å²) in [7, 11) is 1.65. The molecular weight excluding hydrogens is 378 g/mol. The van der Waals surface area contributed by atoms with Gasteiger partial charge in [0.1, 0.15) is 5.75 Å². The first kappa shape index (κ1) is 18.5. The molecule has 5 heteroatoms. The first-order valence-corrected chi connectivity index (χ1v) is 10.5. The molecular formula is C22H22ClNO2S. The summed E-state index contributed by atoms with van der Waals surface area (Å²) in [4.78, 5) is 16.0. The fraction of sp³-hybridized carbons (Fsp3) is 0.318. The van der Waals surface area contributed by atoms with E-state index in [4.69, 9.17) is 16.3 Å². The van der Waals surface area contributed by atoms with E-state index in [9.17, 15) is 4.79 Å². The zero-order chi connectivity index (χ0) is 18.9. The topological polar surface area (TPSA) is 29.5 Å². The number of halogens is 1. The van der Waals surface area contributed by atoms with Gasteiger partial charge in [-0.2, -0.15) is 0 Å². The highest BCUT2D eigenvalue weighted by Gasteiger charge is 2.50. The molecule has 1 heterocycles. The number of carbonyl (C=O) groups excluding carboxylic acids is 1. The highest BCUT2D eigenvalue weighted by molar-refractivity contribution is 8.06. The van der Waals surface area contributed by atoms with Crippen LogP contribution in [-0.2, 0) is 4.79 Å². The third kappa shape index (κ3) is 3.61. The number of hydrogen-bond donors (Lipinski definition) is 0. The van der Waals surface area contributed by atoms with Gasteiger partial charge in [-0.05, 0) is 60.9 Å². The van der Waals surface area contributed by atoms with Gasteiger partial charge in [-0.1, -0.05) is 54.8 Å². The fourth-order valence-electron chi connectivity index (χ4n) is 3.90. The van der Waals surface area contributed by atoms with Crippen molar-refractivity contribution in [3.8, 4) is 5.75 Å². The molecule has 0 aromatic heterocycles. The van der Waals surface area contributed by atoms with Crippen molar-refractivity contribution in [3.05, 3.63) is 64.0 Å². The van der Waals surface area contributed by atoms with Crippen molar-refractivity contribution >= 4 is 41.0 Å². The molecule has 2 aromatic carbocycles. The highest BCUT2D eigenvalue weighted by atomic mass is 35.5. The summed E-state index contributed by atoms with van der Waals surface area (Å²) >= 11 is 7.79. The predicted molar refractivity (Wildman–Crippen MR) is 113 cm³/mol. The number of anilines is 1. The van der Waals surface area contributed by atoms with Crippen molar-refractivity contribution in [2.75, 3.05) is 12.0 Å². The summed E-state index contributed by atoms with van der Waals surface area (Å²) in [5, 5.41) is 0.685. The summed E-state index contributed by atoms with van der Waals surface area (Å²) in [6.07, 6.45) is 7.58. The summed E-state index contributed by atoms with van der Waals surface area (Å²) in [5.74, 6) is 0.897. The molecule has 1 saturated carbocycles. The molecule has 0 bridgehead atoms. The molecule has 3 nitrogen and oxygen atoms in total. The summed E-state index contributed by atoms with van der Waals surface area (Å²) in [6.45, 7) is 0. The van der Waals surface area contributed by atoms with Crippen molar-refractivity contribution in [1.82, 2.24) is 0 Å². The van der Waals surface area contributed by atoms with Gasteiger partial charge in [0.2, 0.25) is 0 Å². The van der Waals surface area contributed by atoms with E-state index in [1.54, 1.807) is 18.9 Å². The Labute approximate surface area is 169 Å². The molecule has 1 saturated heterocycles. The first-order valence-electron chi connectivity index (χ1n) is 9.26. The summed E-state index contributed by atoms with van der Waals surface area (Å²) in [6, 6.07) is 15.4. The molecule has 1 amide bonds. The Bertz CT molecular complexity index is 855. The second-order valence-corrected chi connectivity index (χ2v) is 8.85. The molecule has 140 valence electrons. The number of benzene rings is 2. The second-order valence-electron chi connectivity index (χ2n) is 7.01. The fourth-order valence-corrected chi connectivity index (χ4v) is 5.59. The van der Waals surface area contributed by atoms with E-state index in [0.717, 1.165) is 47.6 Å². The van der Waals surface area contributed by atoms with Crippen LogP contribution in [0.3, 0.4) is 0 Å². The first-order chi connectivity index (χ1) is 13.1. The predicted octanol–water partition coefficient (Wildman–Crippen LogP) is 6.13. The zero-order valence-electron chi connectivity index (χ0n) is 15.3. The maximum atomic E-state index is 13.4. The summed E-state index contributed by atoms with van der Waals surface area (Å²) < 4.78 is 5.22. The molecule has 2 fully saturated rings. The van der Waals surface area contributed by atoms with E-state index < -0.39 is 0 Å². The van der Waals surface area contributed by atoms with Gasteiger partial charge in [0.15, 0.2) is 0 Å². The molecule has 0 unspecified atom stereocenters. The number of rotatable bonds is 3. The van der Waals surface area contributed by atoms with E-state index in [2.05, 4.69) is 0 Å². The molecule has 2 aromatic rings. The van der Waals surface area contributed by atoms with Crippen molar-refractivity contribution in [2.24, 2.45) is 0 Å². The van der Waals surface area contributed by atoms with Gasteiger partial charge in [0, 0.05) is 10.7 Å². The maximum absolute atomic E-state index is 13.4. The number of hydrogen-bond acceptors (Lipinski definition) is 3. The van der Waals surface area contributed by atoms with Gasteiger partial charge < -0.3 is 4.74 Å². The van der Waals surface area contributed by atoms with Crippen LogP contribution in [0.4, 0.5) is 5.69 Å². The Hall–Kier alpha value is -1.91. The van der Waals surface area contributed by atoms with E-state index in [0.29, 0.717) is 5.02 Å². The highest BCUT2D eigenvalue weighted by Crippen LogP contribution is 2.54. The van der Waals surface area contributed by atoms with Gasteiger partial charge in [-0.15, -0.1) is 0 Å². The molecule has 0 atom stereocenters. The Morgan fingerprint density at radius 2 is 1.70 bits per heavy atom. The molecule has 1 spiro atoms. The SMILES string of the molecule is COc1ccc(/C=C2\SC3(CCCCC3)N(c3ccc(Cl)cc3)C2=O)cc1. The molecule has 0 radical (unpaired) electrons. The Morgan fingerprint density at radius 3 is 2.33 bits per heavy atom. The average molecular weight is 400 g/mol. The summed E-state index contributed by atoms with van der Waals surface area (Å²) in [5.41, 5.74) is 1.94. The smallest absolute Gasteiger partial charge is 0.265 e. The maximum Gasteiger partial charge on any atom is 0.265 e. The lowest BCUT2D eigenvalue weighted by Gasteiger charge is -2.40. The van der Waals surface area contributed by atoms with Crippen molar-refractivity contribution < 1.29 is 9.53 Å². The van der Waals surface area contributed by atoms with Gasteiger partial charge in [-0.3, -0.25) is 9.69 Å². The third-order valence-corrected chi connectivity index (χ3v) is 6.99. The van der Waals surface area contributed by atoms with E-state index in [1.165, 1.54) is 6.42 Å². The minimum absolute atomic E-state index is 0.0834. The average Bonchev–Trinajstić information content (AvgIpc) is 2.95. The lowest BCUT2D eigenvalue weighted by atomic mass is 9.93. The van der Waals surface area contributed by atoms with Crippen LogP contribution in [0.1, 0.15) is 37.7 Å².